The van der Waals surface area contributed by atoms with E-state index < -0.39 is 17.0 Å². The van der Waals surface area contributed by atoms with Crippen LogP contribution in [0.3, 0.4) is 0 Å². The van der Waals surface area contributed by atoms with E-state index in [2.05, 4.69) is 15.0 Å². The van der Waals surface area contributed by atoms with Gasteiger partial charge in [-0.2, -0.15) is 5.26 Å². The normalized spacial score (nSPS) is 10.8. The second-order valence-corrected chi connectivity index (χ2v) is 6.14. The van der Waals surface area contributed by atoms with E-state index in [-0.39, 0.29) is 16.9 Å². The highest BCUT2D eigenvalue weighted by molar-refractivity contribution is 6.20. The molecule has 0 spiro atoms. The Morgan fingerprint density at radius 1 is 1.21 bits per heavy atom. The molecule has 0 atom stereocenters. The van der Waals surface area contributed by atoms with Gasteiger partial charge in [-0.05, 0) is 36.4 Å². The maximum absolute atomic E-state index is 12.6. The van der Waals surface area contributed by atoms with Gasteiger partial charge in [-0.1, -0.05) is 0 Å². The predicted molar refractivity (Wildman–Crippen MR) is 100 cm³/mol. The van der Waals surface area contributed by atoms with Crippen LogP contribution >= 0.6 is 11.6 Å². The van der Waals surface area contributed by atoms with Crippen LogP contribution in [0.15, 0.2) is 65.8 Å². The molecule has 0 unspecified atom stereocenters. The lowest BCUT2D eigenvalue weighted by atomic mass is 10.2. The van der Waals surface area contributed by atoms with E-state index in [1.54, 1.807) is 0 Å². The number of amides is 1. The zero-order chi connectivity index (χ0) is 21.0. The molecular formula is C19H11ClF2N4O3. The molecule has 0 aliphatic heterocycles. The van der Waals surface area contributed by atoms with Crippen molar-refractivity contribution in [3.8, 4) is 17.5 Å². The lowest BCUT2D eigenvalue weighted by Crippen LogP contribution is -2.21. The monoisotopic (exact) mass is 416 g/mol. The van der Waals surface area contributed by atoms with Crippen molar-refractivity contribution in [3.05, 3.63) is 82.5 Å². The third kappa shape index (κ3) is 5.15. The number of nitriles is 1. The summed E-state index contributed by atoms with van der Waals surface area (Å²) in [6.07, 6.45) is 4.04. The van der Waals surface area contributed by atoms with E-state index in [0.717, 1.165) is 0 Å². The Bertz CT molecular complexity index is 1150. The minimum absolute atomic E-state index is 0.152. The fourth-order valence-electron chi connectivity index (χ4n) is 2.39. The Kier molecular flexibility index (Phi) is 5.57. The van der Waals surface area contributed by atoms with Gasteiger partial charge in [0.1, 0.15) is 11.8 Å². The number of nitrogens with zero attached hydrogens (tertiary/aromatic N) is 3. The minimum atomic E-state index is -3.84. The number of rotatable bonds is 5. The van der Waals surface area contributed by atoms with E-state index in [1.165, 1.54) is 65.6 Å². The highest BCUT2D eigenvalue weighted by Crippen LogP contribution is 2.26. The SMILES string of the molecule is N#Cc1cncc(-n2cc(C(=O)Nc3ccc(OC(F)(F)Cl)cc3)ccc2=O)c1. The highest BCUT2D eigenvalue weighted by Gasteiger charge is 2.27. The molecule has 1 amide bonds. The Morgan fingerprint density at radius 3 is 2.59 bits per heavy atom. The second kappa shape index (κ2) is 8.08. The van der Waals surface area contributed by atoms with Crippen molar-refractivity contribution in [1.82, 2.24) is 9.55 Å². The number of benzene rings is 1. The van der Waals surface area contributed by atoms with E-state index in [1.807, 2.05) is 6.07 Å². The van der Waals surface area contributed by atoms with Crippen molar-refractivity contribution >= 4 is 23.2 Å². The fourth-order valence-corrected chi connectivity index (χ4v) is 2.48. The maximum atomic E-state index is 12.6. The first-order valence-electron chi connectivity index (χ1n) is 8.00. The van der Waals surface area contributed by atoms with Gasteiger partial charge in [-0.15, -0.1) is 8.78 Å². The molecule has 0 saturated carbocycles. The Morgan fingerprint density at radius 2 is 1.93 bits per heavy atom. The number of carbonyl (C=O) groups excluding carboxylic acids is 1. The third-order valence-electron chi connectivity index (χ3n) is 3.65. The second-order valence-electron chi connectivity index (χ2n) is 5.70. The van der Waals surface area contributed by atoms with E-state index in [4.69, 9.17) is 16.9 Å². The standard InChI is InChI=1S/C19H11ClF2N4O3/c20-19(21,22)29-16-4-2-14(3-5-16)25-18(28)13-1-6-17(27)26(11-13)15-7-12(8-23)9-24-10-15/h1-7,9-11H,(H,25,28). The predicted octanol–water partition coefficient (Wildman–Crippen LogP) is 3.52. The number of carbonyl (C=O) groups is 1. The smallest absolute Gasteiger partial charge is 0.420 e. The Balaban J connectivity index is 1.81. The van der Waals surface area contributed by atoms with E-state index in [0.29, 0.717) is 11.4 Å². The van der Waals surface area contributed by atoms with Gasteiger partial charge >= 0.3 is 5.57 Å². The number of ether oxygens (including phenoxy) is 1. The molecule has 2 heterocycles. The molecule has 10 heteroatoms. The molecule has 0 fully saturated rings. The zero-order valence-corrected chi connectivity index (χ0v) is 15.2. The van der Waals surface area contributed by atoms with Crippen LogP contribution in [0.25, 0.3) is 5.69 Å². The molecule has 0 bridgehead atoms. The van der Waals surface area contributed by atoms with Gasteiger partial charge in [0.25, 0.3) is 11.5 Å². The molecule has 1 N–H and O–H groups in total. The summed E-state index contributed by atoms with van der Waals surface area (Å²) in [4.78, 5) is 28.5. The first-order valence-corrected chi connectivity index (χ1v) is 8.38. The van der Waals surface area contributed by atoms with Crippen LogP contribution in [0.2, 0.25) is 0 Å². The van der Waals surface area contributed by atoms with Gasteiger partial charge in [0.2, 0.25) is 0 Å². The van der Waals surface area contributed by atoms with Gasteiger partial charge in [0.05, 0.1) is 23.0 Å². The van der Waals surface area contributed by atoms with Gasteiger partial charge in [0, 0.05) is 35.7 Å². The first kappa shape index (κ1) is 20.0. The van der Waals surface area contributed by atoms with Crippen molar-refractivity contribution in [3.63, 3.8) is 0 Å². The molecule has 3 aromatic rings. The number of hydrogen-bond donors (Lipinski definition) is 1. The first-order chi connectivity index (χ1) is 13.7. The topological polar surface area (TPSA) is 97.0 Å². The Hall–Kier alpha value is -3.77. The molecule has 2 aromatic heterocycles. The van der Waals surface area contributed by atoms with E-state index in [9.17, 15) is 18.4 Å². The van der Waals surface area contributed by atoms with Crippen LogP contribution < -0.4 is 15.6 Å². The van der Waals surface area contributed by atoms with Gasteiger partial charge < -0.3 is 10.1 Å². The lowest BCUT2D eigenvalue weighted by Gasteiger charge is -2.12. The minimum Gasteiger partial charge on any atom is -0.420 e. The van der Waals surface area contributed by atoms with Crippen molar-refractivity contribution < 1.29 is 18.3 Å². The van der Waals surface area contributed by atoms with Crippen LogP contribution in [0.1, 0.15) is 15.9 Å². The van der Waals surface area contributed by atoms with Crippen molar-refractivity contribution in [1.29, 1.82) is 5.26 Å². The van der Waals surface area contributed by atoms with E-state index >= 15 is 0 Å². The number of aromatic nitrogens is 2. The summed E-state index contributed by atoms with van der Waals surface area (Å²) >= 11 is 4.69. The quantitative estimate of drug-likeness (QED) is 0.642. The molecule has 0 radical (unpaired) electrons. The Labute approximate surface area is 167 Å². The van der Waals surface area contributed by atoms with Crippen molar-refractivity contribution in [2.45, 2.75) is 5.57 Å². The van der Waals surface area contributed by atoms with Crippen LogP contribution in [0, 0.1) is 11.3 Å². The third-order valence-corrected chi connectivity index (χ3v) is 3.73. The summed E-state index contributed by atoms with van der Waals surface area (Å²) in [6.45, 7) is 0. The van der Waals surface area contributed by atoms with Gasteiger partial charge in [0.15, 0.2) is 0 Å². The molecule has 7 nitrogen and oxygen atoms in total. The maximum Gasteiger partial charge on any atom is 0.487 e. The number of nitrogens with one attached hydrogen (secondary N) is 1. The summed E-state index contributed by atoms with van der Waals surface area (Å²) in [6, 6.07) is 11.1. The van der Waals surface area contributed by atoms with Gasteiger partial charge in [-0.3, -0.25) is 19.1 Å². The largest absolute Gasteiger partial charge is 0.487 e. The molecule has 0 saturated heterocycles. The van der Waals surface area contributed by atoms with Crippen LogP contribution in [0.5, 0.6) is 5.75 Å². The molecule has 0 aliphatic carbocycles. The molecule has 146 valence electrons. The number of hydrogen-bond acceptors (Lipinski definition) is 5. The summed E-state index contributed by atoms with van der Waals surface area (Å²) in [5.74, 6) is -0.721. The van der Waals surface area contributed by atoms with Crippen molar-refractivity contribution in [2.75, 3.05) is 5.32 Å². The highest BCUT2D eigenvalue weighted by atomic mass is 35.5. The summed E-state index contributed by atoms with van der Waals surface area (Å²) in [5.41, 5.74) is -3.20. The fraction of sp³-hybridized carbons (Fsp3) is 0.0526. The molecule has 3 rings (SSSR count). The average molecular weight is 417 g/mol. The van der Waals surface area contributed by atoms with Crippen LogP contribution in [-0.2, 0) is 0 Å². The number of pyridine rings is 2. The summed E-state index contributed by atoms with van der Waals surface area (Å²) in [5, 5.41) is 11.5. The number of alkyl halides is 3. The molecular weight excluding hydrogens is 406 g/mol. The lowest BCUT2D eigenvalue weighted by molar-refractivity contribution is -0.0964. The number of halogens is 3. The molecule has 1 aromatic carbocycles. The van der Waals surface area contributed by atoms with Crippen LogP contribution in [0.4, 0.5) is 14.5 Å². The van der Waals surface area contributed by atoms with Gasteiger partial charge in [-0.25, -0.2) is 0 Å². The summed E-state index contributed by atoms with van der Waals surface area (Å²) < 4.78 is 30.6. The molecule has 0 aliphatic rings. The summed E-state index contributed by atoms with van der Waals surface area (Å²) in [7, 11) is 0. The molecule has 29 heavy (non-hydrogen) atoms. The van der Waals surface area contributed by atoms with Crippen molar-refractivity contribution in [2.24, 2.45) is 0 Å². The average Bonchev–Trinajstić information content (AvgIpc) is 2.68. The van der Waals surface area contributed by atoms with Crippen LogP contribution in [-0.4, -0.2) is 21.0 Å². The number of anilines is 1. The zero-order valence-electron chi connectivity index (χ0n) is 14.5.